The Hall–Kier alpha value is -2.67. The number of fused-ring (bicyclic) bond motifs is 1. The first-order valence-electron chi connectivity index (χ1n) is 7.47. The van der Waals surface area contributed by atoms with Crippen LogP contribution in [0.5, 0.6) is 0 Å². The summed E-state index contributed by atoms with van der Waals surface area (Å²) in [7, 11) is 1.59. The third-order valence-corrected chi connectivity index (χ3v) is 4.93. The number of hydrogen-bond acceptors (Lipinski definition) is 5. The van der Waals surface area contributed by atoms with E-state index in [1.165, 1.54) is 10.6 Å². The summed E-state index contributed by atoms with van der Waals surface area (Å²) in [5, 5.41) is 0.357. The zero-order chi connectivity index (χ0) is 17.3. The summed E-state index contributed by atoms with van der Waals surface area (Å²) in [5.41, 5.74) is 0.114. The van der Waals surface area contributed by atoms with Crippen LogP contribution in [-0.4, -0.2) is 15.1 Å². The Morgan fingerprint density at radius 1 is 1.21 bits per heavy atom. The van der Waals surface area contributed by atoms with E-state index in [1.54, 1.807) is 14.0 Å². The van der Waals surface area contributed by atoms with E-state index in [0.29, 0.717) is 15.1 Å². The van der Waals surface area contributed by atoms with Crippen molar-refractivity contribution in [1.82, 2.24) is 9.13 Å². The number of benzene rings is 1. The number of hydrogen-bond donors (Lipinski definition) is 0. The van der Waals surface area contributed by atoms with Crippen LogP contribution >= 0.6 is 11.3 Å². The van der Waals surface area contributed by atoms with E-state index < -0.39 is 5.97 Å². The number of aryl methyl sites for hydroxylation is 1. The van der Waals surface area contributed by atoms with Gasteiger partial charge in [-0.3, -0.25) is 13.9 Å². The Kier molecular flexibility index (Phi) is 4.35. The van der Waals surface area contributed by atoms with E-state index in [-0.39, 0.29) is 24.4 Å². The minimum atomic E-state index is -0.505. The van der Waals surface area contributed by atoms with Gasteiger partial charge in [0, 0.05) is 13.6 Å². The van der Waals surface area contributed by atoms with Gasteiger partial charge in [0.2, 0.25) is 0 Å². The fraction of sp³-hybridized carbons (Fsp3) is 0.235. The first-order chi connectivity index (χ1) is 11.5. The van der Waals surface area contributed by atoms with Crippen LogP contribution in [0.1, 0.15) is 22.2 Å². The molecule has 0 bridgehead atoms. The molecule has 0 spiro atoms. The van der Waals surface area contributed by atoms with Crippen LogP contribution in [0.3, 0.4) is 0 Å². The largest absolute Gasteiger partial charge is 0.457 e. The molecule has 3 rings (SSSR count). The quantitative estimate of drug-likeness (QED) is 0.680. The van der Waals surface area contributed by atoms with Crippen LogP contribution in [0.25, 0.3) is 10.2 Å². The van der Waals surface area contributed by atoms with Crippen molar-refractivity contribution in [3.05, 3.63) is 67.7 Å². The molecule has 2 heterocycles. The van der Waals surface area contributed by atoms with Gasteiger partial charge >= 0.3 is 11.7 Å². The van der Waals surface area contributed by atoms with Crippen LogP contribution in [0.2, 0.25) is 0 Å². The normalized spacial score (nSPS) is 10.9. The van der Waals surface area contributed by atoms with Crippen molar-refractivity contribution in [1.29, 1.82) is 0 Å². The standard InChI is InChI=1S/C17H16N2O4S/c1-3-19-14(20)12-9-13(24-15(12)18(2)17(19)22)16(21)23-10-11-7-5-4-6-8-11/h4-9H,3,10H2,1-2H3. The van der Waals surface area contributed by atoms with Crippen molar-refractivity contribution in [2.24, 2.45) is 7.05 Å². The maximum Gasteiger partial charge on any atom is 0.348 e. The molecule has 0 saturated carbocycles. The van der Waals surface area contributed by atoms with Gasteiger partial charge in [-0.25, -0.2) is 9.59 Å². The van der Waals surface area contributed by atoms with Gasteiger partial charge < -0.3 is 4.74 Å². The summed E-state index contributed by atoms with van der Waals surface area (Å²) < 4.78 is 7.82. The lowest BCUT2D eigenvalue weighted by atomic mass is 10.2. The lowest BCUT2D eigenvalue weighted by molar-refractivity contribution is 0.0478. The molecule has 0 N–H and O–H groups in total. The third kappa shape index (κ3) is 2.78. The van der Waals surface area contributed by atoms with Crippen LogP contribution in [0.15, 0.2) is 46.0 Å². The van der Waals surface area contributed by atoms with Gasteiger partial charge in [0.15, 0.2) is 0 Å². The van der Waals surface area contributed by atoms with E-state index in [2.05, 4.69) is 0 Å². The monoisotopic (exact) mass is 344 g/mol. The molecule has 3 aromatic rings. The van der Waals surface area contributed by atoms with Crippen molar-refractivity contribution >= 4 is 27.5 Å². The lowest BCUT2D eigenvalue weighted by Gasteiger charge is -2.04. The Labute approximate surface area is 141 Å². The predicted octanol–water partition coefficient (Wildman–Crippen LogP) is 2.14. The molecular formula is C17H16N2O4S. The second-order valence-corrected chi connectivity index (χ2v) is 6.31. The van der Waals surface area contributed by atoms with Gasteiger partial charge in [-0.15, -0.1) is 11.3 Å². The van der Waals surface area contributed by atoms with E-state index in [4.69, 9.17) is 4.74 Å². The summed E-state index contributed by atoms with van der Waals surface area (Å²) in [5.74, 6) is -0.505. The Morgan fingerprint density at radius 3 is 2.58 bits per heavy atom. The molecule has 0 saturated heterocycles. The summed E-state index contributed by atoms with van der Waals surface area (Å²) in [6.07, 6.45) is 0. The fourth-order valence-electron chi connectivity index (χ4n) is 2.46. The van der Waals surface area contributed by atoms with E-state index >= 15 is 0 Å². The number of carbonyl (C=O) groups is 1. The number of nitrogens with zero attached hydrogens (tertiary/aromatic N) is 2. The molecule has 2 aromatic heterocycles. The molecular weight excluding hydrogens is 328 g/mol. The van der Waals surface area contributed by atoms with Gasteiger partial charge in [-0.2, -0.15) is 0 Å². The third-order valence-electron chi connectivity index (χ3n) is 3.74. The molecule has 0 aliphatic rings. The Balaban J connectivity index is 1.95. The fourth-order valence-corrected chi connectivity index (χ4v) is 3.46. The molecule has 0 unspecified atom stereocenters. The molecule has 0 aliphatic heterocycles. The smallest absolute Gasteiger partial charge is 0.348 e. The van der Waals surface area contributed by atoms with Crippen LogP contribution in [-0.2, 0) is 24.9 Å². The minimum Gasteiger partial charge on any atom is -0.457 e. The molecule has 24 heavy (non-hydrogen) atoms. The Morgan fingerprint density at radius 2 is 1.92 bits per heavy atom. The number of rotatable bonds is 4. The molecule has 0 aliphatic carbocycles. The van der Waals surface area contributed by atoms with Crippen molar-refractivity contribution in [3.8, 4) is 0 Å². The van der Waals surface area contributed by atoms with Gasteiger partial charge in [0.25, 0.3) is 5.56 Å². The number of thiophene rings is 1. The van der Waals surface area contributed by atoms with E-state index in [0.717, 1.165) is 21.5 Å². The van der Waals surface area contributed by atoms with Crippen molar-refractivity contribution in [3.63, 3.8) is 0 Å². The summed E-state index contributed by atoms with van der Waals surface area (Å²) in [4.78, 5) is 37.5. The lowest BCUT2D eigenvalue weighted by Crippen LogP contribution is -2.37. The van der Waals surface area contributed by atoms with Gasteiger partial charge in [-0.1, -0.05) is 30.3 Å². The number of esters is 1. The van der Waals surface area contributed by atoms with E-state index in [1.807, 2.05) is 30.3 Å². The highest BCUT2D eigenvalue weighted by atomic mass is 32.1. The topological polar surface area (TPSA) is 70.3 Å². The highest BCUT2D eigenvalue weighted by Gasteiger charge is 2.18. The second kappa shape index (κ2) is 6.45. The molecule has 0 atom stereocenters. The SMILES string of the molecule is CCn1c(=O)c2cc(C(=O)OCc3ccccc3)sc2n(C)c1=O. The molecule has 124 valence electrons. The molecule has 0 fully saturated rings. The summed E-state index contributed by atoms with van der Waals surface area (Å²) in [6.45, 7) is 2.17. The molecule has 1 aromatic carbocycles. The molecule has 7 heteroatoms. The maximum atomic E-state index is 12.4. The highest BCUT2D eigenvalue weighted by molar-refractivity contribution is 7.20. The van der Waals surface area contributed by atoms with Gasteiger partial charge in [0.05, 0.1) is 5.39 Å². The molecule has 0 radical (unpaired) electrons. The average Bonchev–Trinajstić information content (AvgIpc) is 3.05. The zero-order valence-electron chi connectivity index (χ0n) is 13.3. The number of ether oxygens (including phenoxy) is 1. The average molecular weight is 344 g/mol. The van der Waals surface area contributed by atoms with Crippen LogP contribution < -0.4 is 11.2 Å². The van der Waals surface area contributed by atoms with Crippen molar-refractivity contribution in [2.45, 2.75) is 20.1 Å². The highest BCUT2D eigenvalue weighted by Crippen LogP contribution is 2.22. The predicted molar refractivity (Wildman–Crippen MR) is 92.6 cm³/mol. The molecule has 0 amide bonds. The zero-order valence-corrected chi connectivity index (χ0v) is 14.1. The first kappa shape index (κ1) is 16.2. The summed E-state index contributed by atoms with van der Waals surface area (Å²) in [6, 6.07) is 10.8. The van der Waals surface area contributed by atoms with E-state index in [9.17, 15) is 14.4 Å². The van der Waals surface area contributed by atoms with Crippen LogP contribution in [0.4, 0.5) is 0 Å². The second-order valence-electron chi connectivity index (χ2n) is 5.28. The van der Waals surface area contributed by atoms with Gasteiger partial charge in [0.1, 0.15) is 16.3 Å². The first-order valence-corrected chi connectivity index (χ1v) is 8.29. The Bertz CT molecular complexity index is 1010. The number of carbonyl (C=O) groups excluding carboxylic acids is 1. The van der Waals surface area contributed by atoms with Crippen molar-refractivity contribution < 1.29 is 9.53 Å². The molecule has 6 nitrogen and oxygen atoms in total. The minimum absolute atomic E-state index is 0.159. The van der Waals surface area contributed by atoms with Crippen LogP contribution in [0, 0.1) is 0 Å². The number of aromatic nitrogens is 2. The van der Waals surface area contributed by atoms with Gasteiger partial charge in [-0.05, 0) is 18.6 Å². The summed E-state index contributed by atoms with van der Waals surface area (Å²) >= 11 is 1.09. The maximum absolute atomic E-state index is 12.4. The van der Waals surface area contributed by atoms with Crippen molar-refractivity contribution in [2.75, 3.05) is 0 Å².